The van der Waals surface area contributed by atoms with Crippen LogP contribution in [0.2, 0.25) is 0 Å². The van der Waals surface area contributed by atoms with Gasteiger partial charge in [0.15, 0.2) is 0 Å². The van der Waals surface area contributed by atoms with E-state index in [1.54, 1.807) is 20.2 Å². The van der Waals surface area contributed by atoms with Crippen LogP contribution in [0.3, 0.4) is 0 Å². The molecule has 0 fully saturated rings. The van der Waals surface area contributed by atoms with Crippen LogP contribution in [-0.2, 0) is 33.8 Å². The lowest BCUT2D eigenvalue weighted by Crippen LogP contribution is -2.21. The standard InChI is InChI=1S/C28H30N2O5/c1-18-10-23-11-20(12-25(28(23)35-18)21-8-9-30-24(13-21)15-29)17-33-26-7-5-4-6-22(26)14-27(31)34-19(2)16-32-3/h4-13,19H,14-17,29H2,1-3H3. The maximum absolute atomic E-state index is 12.4. The number of furan rings is 1. The van der Waals surface area contributed by atoms with Gasteiger partial charge in [0.25, 0.3) is 0 Å². The molecule has 0 saturated carbocycles. The summed E-state index contributed by atoms with van der Waals surface area (Å²) in [6.07, 6.45) is 1.57. The zero-order valence-electron chi connectivity index (χ0n) is 20.2. The van der Waals surface area contributed by atoms with Crippen molar-refractivity contribution in [3.8, 4) is 16.9 Å². The summed E-state index contributed by atoms with van der Waals surface area (Å²) < 4.78 is 22.6. The molecule has 0 amide bonds. The first kappa shape index (κ1) is 24.4. The number of carbonyl (C=O) groups excluding carboxylic acids is 1. The average Bonchev–Trinajstić information content (AvgIpc) is 3.23. The second kappa shape index (κ2) is 11.2. The van der Waals surface area contributed by atoms with Crippen LogP contribution in [0.15, 0.2) is 65.2 Å². The van der Waals surface area contributed by atoms with Crippen molar-refractivity contribution in [2.45, 2.75) is 39.5 Å². The topological polar surface area (TPSA) is 96.8 Å². The highest BCUT2D eigenvalue weighted by atomic mass is 16.6. The molecule has 2 aromatic heterocycles. The number of aromatic nitrogens is 1. The van der Waals surface area contributed by atoms with Crippen molar-refractivity contribution in [1.82, 2.24) is 4.98 Å². The van der Waals surface area contributed by atoms with Crippen molar-refractivity contribution in [3.63, 3.8) is 0 Å². The van der Waals surface area contributed by atoms with E-state index in [-0.39, 0.29) is 18.5 Å². The fourth-order valence-electron chi connectivity index (χ4n) is 4.04. The molecule has 35 heavy (non-hydrogen) atoms. The average molecular weight is 475 g/mol. The molecule has 1 unspecified atom stereocenters. The molecular weight excluding hydrogens is 444 g/mol. The maximum Gasteiger partial charge on any atom is 0.310 e. The molecule has 2 heterocycles. The van der Waals surface area contributed by atoms with Gasteiger partial charge in [-0.3, -0.25) is 9.78 Å². The van der Waals surface area contributed by atoms with Crippen molar-refractivity contribution >= 4 is 16.9 Å². The van der Waals surface area contributed by atoms with Crippen LogP contribution in [0.5, 0.6) is 5.75 Å². The molecule has 4 rings (SSSR count). The first-order chi connectivity index (χ1) is 17.0. The summed E-state index contributed by atoms with van der Waals surface area (Å²) in [4.78, 5) is 16.7. The van der Waals surface area contributed by atoms with Gasteiger partial charge in [0.05, 0.1) is 18.7 Å². The minimum Gasteiger partial charge on any atom is -0.489 e. The third kappa shape index (κ3) is 6.07. The molecule has 4 aromatic rings. The Labute approximate surface area is 204 Å². The third-order valence-corrected chi connectivity index (χ3v) is 5.57. The molecule has 7 heteroatoms. The zero-order chi connectivity index (χ0) is 24.8. The van der Waals surface area contributed by atoms with Crippen molar-refractivity contribution < 1.29 is 23.4 Å². The number of benzene rings is 2. The van der Waals surface area contributed by atoms with E-state index in [9.17, 15) is 4.79 Å². The third-order valence-electron chi connectivity index (χ3n) is 5.57. The summed E-state index contributed by atoms with van der Waals surface area (Å²) in [6.45, 7) is 4.77. The summed E-state index contributed by atoms with van der Waals surface area (Å²) in [7, 11) is 1.58. The Balaban J connectivity index is 1.57. The molecular formula is C28H30N2O5. The van der Waals surface area contributed by atoms with Gasteiger partial charge in [-0.05, 0) is 61.4 Å². The molecule has 0 aliphatic heterocycles. The second-order valence-electron chi connectivity index (χ2n) is 8.49. The van der Waals surface area contributed by atoms with Crippen LogP contribution >= 0.6 is 0 Å². The number of hydrogen-bond donors (Lipinski definition) is 1. The summed E-state index contributed by atoms with van der Waals surface area (Å²) in [6, 6.07) is 17.6. The molecule has 2 aromatic carbocycles. The number of fused-ring (bicyclic) bond motifs is 1. The molecule has 2 N–H and O–H groups in total. The molecule has 1 atom stereocenters. The van der Waals surface area contributed by atoms with Gasteiger partial charge in [-0.25, -0.2) is 0 Å². The zero-order valence-corrected chi connectivity index (χ0v) is 20.2. The van der Waals surface area contributed by atoms with Gasteiger partial charge < -0.3 is 24.4 Å². The number of pyridine rings is 1. The fourth-order valence-corrected chi connectivity index (χ4v) is 4.04. The van der Waals surface area contributed by atoms with E-state index in [4.69, 9.17) is 24.4 Å². The van der Waals surface area contributed by atoms with Gasteiger partial charge >= 0.3 is 5.97 Å². The number of ether oxygens (including phenoxy) is 3. The minimum absolute atomic E-state index is 0.119. The highest BCUT2D eigenvalue weighted by Gasteiger charge is 2.15. The molecule has 0 saturated heterocycles. The van der Waals surface area contributed by atoms with Crippen LogP contribution in [0, 0.1) is 6.92 Å². The minimum atomic E-state index is -0.323. The Hall–Kier alpha value is -3.68. The molecule has 0 aliphatic carbocycles. The largest absolute Gasteiger partial charge is 0.489 e. The molecule has 0 aliphatic rings. The predicted octanol–water partition coefficient (Wildman–Crippen LogP) is 4.96. The number of carbonyl (C=O) groups is 1. The molecule has 0 spiro atoms. The quantitative estimate of drug-likeness (QED) is 0.324. The molecule has 7 nitrogen and oxygen atoms in total. The van der Waals surface area contributed by atoms with Gasteiger partial charge in [0.2, 0.25) is 0 Å². The van der Waals surface area contributed by atoms with Crippen molar-refractivity contribution in [1.29, 1.82) is 0 Å². The smallest absolute Gasteiger partial charge is 0.310 e. The van der Waals surface area contributed by atoms with E-state index in [0.717, 1.165) is 44.7 Å². The van der Waals surface area contributed by atoms with E-state index in [1.807, 2.05) is 49.4 Å². The SMILES string of the molecule is COCC(C)OC(=O)Cc1ccccc1OCc1cc(-c2ccnc(CN)c2)c2oc(C)cc2c1. The van der Waals surface area contributed by atoms with Crippen LogP contribution < -0.4 is 10.5 Å². The van der Waals surface area contributed by atoms with Gasteiger partial charge in [0.1, 0.15) is 29.8 Å². The number of rotatable bonds is 10. The fraction of sp³-hybridized carbons (Fsp3) is 0.286. The van der Waals surface area contributed by atoms with E-state index in [2.05, 4.69) is 17.1 Å². The van der Waals surface area contributed by atoms with Crippen molar-refractivity contribution in [3.05, 3.63) is 83.4 Å². The lowest BCUT2D eigenvalue weighted by molar-refractivity contribution is -0.149. The van der Waals surface area contributed by atoms with Crippen molar-refractivity contribution in [2.75, 3.05) is 13.7 Å². The van der Waals surface area contributed by atoms with E-state index < -0.39 is 0 Å². The lowest BCUT2D eigenvalue weighted by atomic mass is 10.0. The predicted molar refractivity (Wildman–Crippen MR) is 134 cm³/mol. The van der Waals surface area contributed by atoms with Crippen LogP contribution in [-0.4, -0.2) is 30.8 Å². The molecule has 182 valence electrons. The van der Waals surface area contributed by atoms with E-state index in [1.165, 1.54) is 0 Å². The van der Waals surface area contributed by atoms with Crippen LogP contribution in [0.1, 0.15) is 29.5 Å². The van der Waals surface area contributed by atoms with Crippen molar-refractivity contribution in [2.24, 2.45) is 5.73 Å². The Morgan fingerprint density at radius 2 is 1.97 bits per heavy atom. The summed E-state index contributed by atoms with van der Waals surface area (Å²) in [5, 5.41) is 0.994. The molecule has 0 radical (unpaired) electrons. The Bertz CT molecular complexity index is 1310. The number of methoxy groups -OCH3 is 1. The number of nitrogens with zero attached hydrogens (tertiary/aromatic N) is 1. The highest BCUT2D eigenvalue weighted by Crippen LogP contribution is 2.33. The first-order valence-electron chi connectivity index (χ1n) is 11.5. The van der Waals surface area contributed by atoms with Gasteiger partial charge in [-0.15, -0.1) is 0 Å². The van der Waals surface area contributed by atoms with E-state index in [0.29, 0.717) is 25.5 Å². The monoisotopic (exact) mass is 474 g/mol. The number of nitrogens with two attached hydrogens (primary N) is 1. The van der Waals surface area contributed by atoms with Gasteiger partial charge in [0, 0.05) is 36.4 Å². The van der Waals surface area contributed by atoms with Crippen LogP contribution in [0.4, 0.5) is 0 Å². The normalized spacial score (nSPS) is 12.0. The van der Waals surface area contributed by atoms with Gasteiger partial charge in [-0.1, -0.05) is 18.2 Å². The van der Waals surface area contributed by atoms with Crippen LogP contribution in [0.25, 0.3) is 22.1 Å². The highest BCUT2D eigenvalue weighted by molar-refractivity contribution is 5.93. The van der Waals surface area contributed by atoms with Gasteiger partial charge in [-0.2, -0.15) is 0 Å². The number of esters is 1. The number of aryl methyl sites for hydroxylation is 1. The first-order valence-corrected chi connectivity index (χ1v) is 11.5. The van der Waals surface area contributed by atoms with E-state index >= 15 is 0 Å². The summed E-state index contributed by atoms with van der Waals surface area (Å²) >= 11 is 0. The summed E-state index contributed by atoms with van der Waals surface area (Å²) in [5.41, 5.74) is 11.1. The number of para-hydroxylation sites is 1. The molecule has 0 bridgehead atoms. The maximum atomic E-state index is 12.4. The lowest BCUT2D eigenvalue weighted by Gasteiger charge is -2.15. The Kier molecular flexibility index (Phi) is 7.80. The summed E-state index contributed by atoms with van der Waals surface area (Å²) in [5.74, 6) is 1.15. The Morgan fingerprint density at radius 1 is 1.14 bits per heavy atom. The Morgan fingerprint density at radius 3 is 2.77 bits per heavy atom. The second-order valence-corrected chi connectivity index (χ2v) is 8.49. The number of hydrogen-bond acceptors (Lipinski definition) is 7.